The van der Waals surface area contributed by atoms with E-state index < -0.39 is 17.2 Å². The molecule has 2 N–H and O–H groups in total. The van der Waals surface area contributed by atoms with Gasteiger partial charge in [-0.05, 0) is 44.6 Å². The first-order valence-electron chi connectivity index (χ1n) is 9.34. The number of amides is 2. The molecule has 2 fully saturated rings. The molecular weight excluding hydrogens is 332 g/mol. The second kappa shape index (κ2) is 7.76. The van der Waals surface area contributed by atoms with Crippen LogP contribution in [0, 0.1) is 18.8 Å². The van der Waals surface area contributed by atoms with Crippen molar-refractivity contribution in [3.63, 3.8) is 0 Å². The molecule has 0 bridgehead atoms. The van der Waals surface area contributed by atoms with Gasteiger partial charge in [0, 0.05) is 26.3 Å². The van der Waals surface area contributed by atoms with E-state index in [1.54, 1.807) is 10.4 Å². The summed E-state index contributed by atoms with van der Waals surface area (Å²) < 4.78 is 5.38. The van der Waals surface area contributed by atoms with Gasteiger partial charge in [0.2, 0.25) is 11.8 Å². The molecule has 0 aliphatic carbocycles. The van der Waals surface area contributed by atoms with Crippen LogP contribution >= 0.6 is 0 Å². The molecule has 142 valence electrons. The maximum absolute atomic E-state index is 13.1. The average Bonchev–Trinajstić information content (AvgIpc) is 2.96. The maximum Gasteiger partial charge on any atom is 0.248 e. The lowest BCUT2D eigenvalue weighted by Gasteiger charge is -2.32. The summed E-state index contributed by atoms with van der Waals surface area (Å²) in [6.45, 7) is 6.22. The summed E-state index contributed by atoms with van der Waals surface area (Å²) in [5.41, 5.74) is 3.42. The Morgan fingerprint density at radius 3 is 2.62 bits per heavy atom. The third kappa shape index (κ3) is 3.62. The predicted molar refractivity (Wildman–Crippen MR) is 96.7 cm³/mol. The molecule has 2 unspecified atom stereocenters. The van der Waals surface area contributed by atoms with Crippen molar-refractivity contribution in [2.45, 2.75) is 38.5 Å². The lowest BCUT2D eigenvalue weighted by molar-refractivity contribution is -0.140. The molecule has 0 spiro atoms. The van der Waals surface area contributed by atoms with Crippen LogP contribution in [0.2, 0.25) is 0 Å². The number of hydrogen-bond acceptors (Lipinski definition) is 4. The zero-order chi connectivity index (χ0) is 18.7. The van der Waals surface area contributed by atoms with E-state index >= 15 is 0 Å². The van der Waals surface area contributed by atoms with Gasteiger partial charge in [-0.25, -0.2) is 5.48 Å². The summed E-state index contributed by atoms with van der Waals surface area (Å²) in [5.74, 6) is -0.638. The van der Waals surface area contributed by atoms with Crippen molar-refractivity contribution in [3.8, 4) is 0 Å². The van der Waals surface area contributed by atoms with E-state index in [2.05, 4.69) is 0 Å². The van der Waals surface area contributed by atoms with E-state index in [9.17, 15) is 9.59 Å². The highest BCUT2D eigenvalue weighted by molar-refractivity contribution is 5.90. The van der Waals surface area contributed by atoms with Gasteiger partial charge in [0.15, 0.2) is 0 Å². The smallest absolute Gasteiger partial charge is 0.248 e. The number of hydrogen-bond donors (Lipinski definition) is 2. The molecule has 1 aromatic carbocycles. The molecule has 1 aromatic rings. The van der Waals surface area contributed by atoms with Gasteiger partial charge in [0.1, 0.15) is 0 Å². The Hall–Kier alpha value is -1.92. The van der Waals surface area contributed by atoms with Gasteiger partial charge in [-0.15, -0.1) is 0 Å². The minimum absolute atomic E-state index is 0.0594. The lowest BCUT2D eigenvalue weighted by Crippen LogP contribution is -2.45. The number of nitrogens with zero attached hydrogens (tertiary/aromatic N) is 1. The van der Waals surface area contributed by atoms with Crippen molar-refractivity contribution < 1.29 is 19.5 Å². The summed E-state index contributed by atoms with van der Waals surface area (Å²) in [6, 6.07) is 8.10. The van der Waals surface area contributed by atoms with Crippen molar-refractivity contribution in [2.75, 3.05) is 26.3 Å². The molecule has 2 amide bonds. The molecule has 2 aliphatic rings. The van der Waals surface area contributed by atoms with E-state index in [-0.39, 0.29) is 11.8 Å². The average molecular weight is 360 g/mol. The fourth-order valence-corrected chi connectivity index (χ4v) is 4.16. The number of carbonyl (C=O) groups is 2. The second-order valence-electron chi connectivity index (χ2n) is 7.73. The molecule has 2 atom stereocenters. The molecule has 2 heterocycles. The predicted octanol–water partition coefficient (Wildman–Crippen LogP) is 2.03. The van der Waals surface area contributed by atoms with Crippen molar-refractivity contribution in [1.29, 1.82) is 0 Å². The zero-order valence-corrected chi connectivity index (χ0v) is 15.5. The second-order valence-corrected chi connectivity index (χ2v) is 7.73. The van der Waals surface area contributed by atoms with Crippen molar-refractivity contribution in [2.24, 2.45) is 11.8 Å². The van der Waals surface area contributed by atoms with Crippen LogP contribution in [0.3, 0.4) is 0 Å². The molecule has 2 saturated heterocycles. The monoisotopic (exact) mass is 360 g/mol. The molecule has 0 aromatic heterocycles. The first-order valence-corrected chi connectivity index (χ1v) is 9.34. The van der Waals surface area contributed by atoms with E-state index in [0.29, 0.717) is 26.3 Å². The minimum atomic E-state index is -0.552. The normalized spacial score (nSPS) is 25.3. The Bertz CT molecular complexity index is 654. The molecule has 6 heteroatoms. The Labute approximate surface area is 154 Å². The molecule has 3 rings (SSSR count). The topological polar surface area (TPSA) is 78.9 Å². The zero-order valence-electron chi connectivity index (χ0n) is 15.5. The highest BCUT2D eigenvalue weighted by atomic mass is 16.5. The van der Waals surface area contributed by atoms with Crippen molar-refractivity contribution >= 4 is 11.8 Å². The standard InChI is InChI=1S/C20H28N2O4/c1-14-3-5-16(6-4-14)20(2)9-10-22(19(20)24)13-17(18(23)21-25)15-7-11-26-12-8-15/h3-6,15,17,25H,7-13H2,1-2H3,(H,21,23). The van der Waals surface area contributed by atoms with E-state index in [0.717, 1.165) is 24.8 Å². The minimum Gasteiger partial charge on any atom is -0.381 e. The van der Waals surface area contributed by atoms with Gasteiger partial charge in [0.25, 0.3) is 0 Å². The van der Waals surface area contributed by atoms with Crippen LogP contribution in [0.4, 0.5) is 0 Å². The Morgan fingerprint density at radius 1 is 1.35 bits per heavy atom. The number of rotatable bonds is 5. The number of likely N-dealkylation sites (tertiary alicyclic amines) is 1. The van der Waals surface area contributed by atoms with Crippen molar-refractivity contribution in [3.05, 3.63) is 35.4 Å². The molecule has 0 saturated carbocycles. The molecule has 2 aliphatic heterocycles. The summed E-state index contributed by atoms with van der Waals surface area (Å²) in [7, 11) is 0. The number of nitrogens with one attached hydrogen (secondary N) is 1. The van der Waals surface area contributed by atoms with Gasteiger partial charge in [-0.1, -0.05) is 29.8 Å². The number of ether oxygens (including phenoxy) is 1. The Morgan fingerprint density at radius 2 is 2.00 bits per heavy atom. The summed E-state index contributed by atoms with van der Waals surface area (Å²) in [6.07, 6.45) is 2.28. The Kier molecular flexibility index (Phi) is 5.63. The Balaban J connectivity index is 1.75. The van der Waals surface area contributed by atoms with E-state index in [1.165, 1.54) is 5.56 Å². The van der Waals surface area contributed by atoms with Gasteiger partial charge in [0.05, 0.1) is 11.3 Å². The van der Waals surface area contributed by atoms with E-state index in [1.807, 2.05) is 38.1 Å². The van der Waals surface area contributed by atoms with Gasteiger partial charge < -0.3 is 9.64 Å². The van der Waals surface area contributed by atoms with Crippen LogP contribution in [-0.4, -0.2) is 48.2 Å². The number of carbonyl (C=O) groups excluding carboxylic acids is 2. The van der Waals surface area contributed by atoms with Crippen LogP contribution in [0.1, 0.15) is 37.3 Å². The quantitative estimate of drug-likeness (QED) is 0.622. The van der Waals surface area contributed by atoms with Gasteiger partial charge in [-0.2, -0.15) is 0 Å². The highest BCUT2D eigenvalue weighted by Gasteiger charge is 2.45. The first-order chi connectivity index (χ1) is 12.5. The highest BCUT2D eigenvalue weighted by Crippen LogP contribution is 2.37. The fourth-order valence-electron chi connectivity index (χ4n) is 4.16. The van der Waals surface area contributed by atoms with E-state index in [4.69, 9.17) is 9.94 Å². The molecule has 6 nitrogen and oxygen atoms in total. The fraction of sp³-hybridized carbons (Fsp3) is 0.600. The first kappa shape index (κ1) is 18.9. The molecule has 26 heavy (non-hydrogen) atoms. The van der Waals surface area contributed by atoms with Crippen LogP contribution in [0.5, 0.6) is 0 Å². The molecule has 0 radical (unpaired) electrons. The summed E-state index contributed by atoms with van der Waals surface area (Å²) in [5, 5.41) is 9.15. The summed E-state index contributed by atoms with van der Waals surface area (Å²) >= 11 is 0. The number of hydroxylamine groups is 1. The van der Waals surface area contributed by atoms with Crippen molar-refractivity contribution in [1.82, 2.24) is 10.4 Å². The number of aryl methyl sites for hydroxylation is 1. The third-order valence-electron chi connectivity index (χ3n) is 6.03. The third-order valence-corrected chi connectivity index (χ3v) is 6.03. The van der Waals surface area contributed by atoms with Crippen LogP contribution < -0.4 is 5.48 Å². The SMILES string of the molecule is Cc1ccc(C2(C)CCN(CC(C(=O)NO)C3CCOCC3)C2=O)cc1. The van der Waals surface area contributed by atoms with Crippen LogP contribution in [0.25, 0.3) is 0 Å². The molecular formula is C20H28N2O4. The lowest BCUT2D eigenvalue weighted by atomic mass is 9.80. The van der Waals surface area contributed by atoms with Gasteiger partial charge in [-0.3, -0.25) is 14.8 Å². The number of benzene rings is 1. The summed E-state index contributed by atoms with van der Waals surface area (Å²) in [4.78, 5) is 27.2. The maximum atomic E-state index is 13.1. The van der Waals surface area contributed by atoms with Crippen LogP contribution in [0.15, 0.2) is 24.3 Å². The van der Waals surface area contributed by atoms with Gasteiger partial charge >= 0.3 is 0 Å². The largest absolute Gasteiger partial charge is 0.381 e. The van der Waals surface area contributed by atoms with Crippen LogP contribution in [-0.2, 0) is 19.7 Å².